The molecule has 5 heterocycles. The van der Waals surface area contributed by atoms with Gasteiger partial charge < -0.3 is 13.7 Å². The second kappa shape index (κ2) is 9.17. The fourth-order valence-electron chi connectivity index (χ4n) is 8.53. The quantitative estimate of drug-likeness (QED) is 0.223. The maximum absolute atomic E-state index is 13.1. The summed E-state index contributed by atoms with van der Waals surface area (Å²) in [7, 11) is 5.96. The van der Waals surface area contributed by atoms with Crippen LogP contribution < -0.4 is 0 Å². The number of carbonyl (C=O) groups is 4. The number of hydrogen-bond donors (Lipinski definition) is 0. The Morgan fingerprint density at radius 2 is 0.886 bits per heavy atom. The molecule has 0 saturated heterocycles. The maximum Gasteiger partial charge on any atom is 0.188 e. The molecular weight excluding hydrogens is 595 g/mol. The molecule has 0 amide bonds. The molecule has 4 aliphatic carbocycles. The number of thiophene rings is 2. The van der Waals surface area contributed by atoms with E-state index < -0.39 is 0 Å². The minimum atomic E-state index is -0.195. The molecule has 224 valence electrons. The Morgan fingerprint density at radius 3 is 1.23 bits per heavy atom. The second-order valence-corrected chi connectivity index (χ2v) is 15.1. The molecule has 0 bridgehead atoms. The third kappa shape index (κ3) is 3.34. The molecule has 11 heteroatoms. The first-order valence-corrected chi connectivity index (χ1v) is 17.2. The van der Waals surface area contributed by atoms with E-state index in [-0.39, 0.29) is 58.2 Å². The van der Waals surface area contributed by atoms with Crippen LogP contribution in [0.2, 0.25) is 0 Å². The van der Waals surface area contributed by atoms with Crippen molar-refractivity contribution in [2.24, 2.45) is 54.8 Å². The van der Waals surface area contributed by atoms with E-state index in [0.717, 1.165) is 82.8 Å². The number of carbonyl (C=O) groups excluding carboxylic acids is 4. The fourth-order valence-corrected chi connectivity index (χ4v) is 11.2. The molecule has 5 aromatic rings. The van der Waals surface area contributed by atoms with Gasteiger partial charge in [0.05, 0.1) is 40.9 Å². The van der Waals surface area contributed by atoms with Gasteiger partial charge in [0.2, 0.25) is 0 Å². The van der Waals surface area contributed by atoms with Crippen molar-refractivity contribution >= 4 is 110 Å². The summed E-state index contributed by atoms with van der Waals surface area (Å²) in [4.78, 5) is 61.9. The van der Waals surface area contributed by atoms with Gasteiger partial charge in [-0.2, -0.15) is 0 Å². The summed E-state index contributed by atoms with van der Waals surface area (Å²) in [5.74, 6) is 0.137. The smallest absolute Gasteiger partial charge is 0.188 e. The lowest BCUT2D eigenvalue weighted by molar-refractivity contribution is -0.120. The Bertz CT molecular complexity index is 2030. The average Bonchev–Trinajstić information content (AvgIpc) is 3.85. The second-order valence-electron chi connectivity index (χ2n) is 13.0. The van der Waals surface area contributed by atoms with Gasteiger partial charge in [0.25, 0.3) is 0 Å². The minimum absolute atomic E-state index is 0.0842. The maximum atomic E-state index is 13.1. The standard InChI is InChI=1S/C33H31N5O4S2/c1-36-20(34-22-28(39)14-8-4-5-9-15(14)29(22)40)12-18-24(36)26-32(43-18)33-27(38(26)3)25-19(44-33)13-21(37(25)2)35-23-30(41)16-10-6-7-11-17(16)31(23)42/h12-17H,4-11H2,1-3H3. The molecule has 4 fully saturated rings. The van der Waals surface area contributed by atoms with Gasteiger partial charge in [0.15, 0.2) is 34.6 Å². The summed E-state index contributed by atoms with van der Waals surface area (Å²) in [6.45, 7) is 0. The number of nitrogens with zero attached hydrogens (tertiary/aromatic N) is 5. The van der Waals surface area contributed by atoms with Crippen LogP contribution in [0.5, 0.6) is 0 Å². The molecule has 0 aliphatic heterocycles. The summed E-state index contributed by atoms with van der Waals surface area (Å²) in [6.07, 6.45) is 7.12. The van der Waals surface area contributed by atoms with Crippen molar-refractivity contribution in [1.82, 2.24) is 13.7 Å². The number of aromatic nitrogens is 3. The van der Waals surface area contributed by atoms with Crippen molar-refractivity contribution in [2.75, 3.05) is 0 Å². The van der Waals surface area contributed by atoms with E-state index in [4.69, 9.17) is 9.98 Å². The van der Waals surface area contributed by atoms with Gasteiger partial charge in [-0.25, -0.2) is 9.98 Å². The minimum Gasteiger partial charge on any atom is -0.339 e. The zero-order chi connectivity index (χ0) is 30.2. The van der Waals surface area contributed by atoms with Crippen molar-refractivity contribution in [3.05, 3.63) is 12.1 Å². The van der Waals surface area contributed by atoms with E-state index in [9.17, 15) is 19.2 Å². The van der Waals surface area contributed by atoms with Crippen LogP contribution in [0.3, 0.4) is 0 Å². The van der Waals surface area contributed by atoms with Crippen LogP contribution in [-0.2, 0) is 40.3 Å². The van der Waals surface area contributed by atoms with Gasteiger partial charge in [0, 0.05) is 56.9 Å². The Balaban J connectivity index is 1.16. The lowest BCUT2D eigenvalue weighted by Gasteiger charge is -2.20. The number of aliphatic imine (C=N–C) groups is 2. The van der Waals surface area contributed by atoms with E-state index in [0.29, 0.717) is 11.6 Å². The molecule has 4 unspecified atom stereocenters. The Kier molecular flexibility index (Phi) is 5.56. The molecular formula is C33H31N5O4S2. The van der Waals surface area contributed by atoms with Gasteiger partial charge in [-0.05, 0) is 25.7 Å². The summed E-state index contributed by atoms with van der Waals surface area (Å²) >= 11 is 3.39. The largest absolute Gasteiger partial charge is 0.339 e. The van der Waals surface area contributed by atoms with Crippen molar-refractivity contribution in [3.63, 3.8) is 0 Å². The van der Waals surface area contributed by atoms with Gasteiger partial charge in [-0.3, -0.25) is 19.2 Å². The van der Waals surface area contributed by atoms with Crippen LogP contribution >= 0.6 is 22.7 Å². The predicted octanol–water partition coefficient (Wildman–Crippen LogP) is 6.50. The Labute approximate surface area is 260 Å². The van der Waals surface area contributed by atoms with Gasteiger partial charge in [0.1, 0.15) is 11.6 Å². The van der Waals surface area contributed by atoms with Crippen LogP contribution in [0.15, 0.2) is 22.1 Å². The van der Waals surface area contributed by atoms with Crippen molar-refractivity contribution in [1.29, 1.82) is 0 Å². The highest BCUT2D eigenvalue weighted by molar-refractivity contribution is 7.33. The number of aryl methyl sites for hydroxylation is 3. The molecule has 0 N–H and O–H groups in total. The zero-order valence-corrected chi connectivity index (χ0v) is 26.4. The average molecular weight is 626 g/mol. The molecule has 4 atom stereocenters. The first kappa shape index (κ1) is 26.7. The third-order valence-electron chi connectivity index (χ3n) is 10.8. The SMILES string of the molecule is Cn1c(N=C2C(=O)C3CCCCC3C2=O)cc2sc3c4sc5cc(N=C6C(=O)C7CCCCC7C6=O)n(C)c5c4n(C)c3c21. The molecule has 9 nitrogen and oxygen atoms in total. The van der Waals surface area contributed by atoms with Crippen LogP contribution in [0.1, 0.15) is 51.4 Å². The number of rotatable bonds is 2. The number of fused-ring (bicyclic) bond motifs is 9. The van der Waals surface area contributed by atoms with Crippen LogP contribution in [-0.4, -0.2) is 48.3 Å². The number of hydrogen-bond acceptors (Lipinski definition) is 8. The van der Waals surface area contributed by atoms with Crippen LogP contribution in [0.4, 0.5) is 11.6 Å². The van der Waals surface area contributed by atoms with Crippen molar-refractivity contribution in [2.45, 2.75) is 51.4 Å². The van der Waals surface area contributed by atoms with E-state index in [1.165, 1.54) is 9.40 Å². The molecule has 4 aliphatic rings. The molecule has 9 rings (SSSR count). The van der Waals surface area contributed by atoms with Gasteiger partial charge in [-0.15, -0.1) is 22.7 Å². The van der Waals surface area contributed by atoms with Gasteiger partial charge in [-0.1, -0.05) is 25.7 Å². The lowest BCUT2D eigenvalue weighted by Crippen LogP contribution is -2.21. The van der Waals surface area contributed by atoms with E-state index in [1.807, 2.05) is 35.4 Å². The highest BCUT2D eigenvalue weighted by atomic mass is 32.1. The van der Waals surface area contributed by atoms with Crippen molar-refractivity contribution in [3.8, 4) is 0 Å². The molecule has 0 aromatic carbocycles. The zero-order valence-electron chi connectivity index (χ0n) is 24.8. The van der Waals surface area contributed by atoms with E-state index in [2.05, 4.69) is 11.6 Å². The third-order valence-corrected chi connectivity index (χ3v) is 13.2. The summed E-state index contributed by atoms with van der Waals surface area (Å²) < 4.78 is 10.7. The topological polar surface area (TPSA) is 108 Å². The molecule has 44 heavy (non-hydrogen) atoms. The van der Waals surface area contributed by atoms with E-state index in [1.54, 1.807) is 22.7 Å². The fraction of sp³-hybridized carbons (Fsp3) is 0.455. The monoisotopic (exact) mass is 625 g/mol. The summed E-state index contributed by atoms with van der Waals surface area (Å²) in [5, 5.41) is 0. The van der Waals surface area contributed by atoms with Crippen LogP contribution in [0, 0.1) is 23.7 Å². The molecule has 5 aromatic heterocycles. The normalized spacial score (nSPS) is 25.9. The predicted molar refractivity (Wildman–Crippen MR) is 174 cm³/mol. The Morgan fingerprint density at radius 1 is 0.545 bits per heavy atom. The lowest BCUT2D eigenvalue weighted by atomic mass is 9.81. The molecule has 4 saturated carbocycles. The first-order valence-electron chi connectivity index (χ1n) is 15.6. The van der Waals surface area contributed by atoms with Crippen molar-refractivity contribution < 1.29 is 19.2 Å². The van der Waals surface area contributed by atoms with E-state index >= 15 is 0 Å². The Hall–Kier alpha value is -3.70. The van der Waals surface area contributed by atoms with Gasteiger partial charge >= 0.3 is 0 Å². The summed E-state index contributed by atoms with van der Waals surface area (Å²) in [5.41, 5.74) is 4.46. The number of ketones is 4. The van der Waals surface area contributed by atoms with Crippen LogP contribution in [0.25, 0.3) is 40.9 Å². The first-order chi connectivity index (χ1) is 21.2. The highest BCUT2D eigenvalue weighted by Crippen LogP contribution is 2.49. The molecule has 0 spiro atoms. The highest BCUT2D eigenvalue weighted by Gasteiger charge is 2.48. The number of Topliss-reactive ketones (excluding diaryl/α,β-unsaturated/α-hetero) is 4. The molecule has 0 radical (unpaired) electrons. The summed E-state index contributed by atoms with van der Waals surface area (Å²) in [6, 6.07) is 3.99.